The summed E-state index contributed by atoms with van der Waals surface area (Å²) in [5.41, 5.74) is 2.88. The molecule has 0 saturated heterocycles. The predicted octanol–water partition coefficient (Wildman–Crippen LogP) is 4.83. The van der Waals surface area contributed by atoms with Gasteiger partial charge < -0.3 is 20.4 Å². The standard InChI is InChI=1S/C32H42N2O6/c1-19(35)24-11-12-25-23-10-9-21-17-22(13-15-31(21,2)26(23)14-16-32(24,25)3)34-40-18-27(36)33-28(30(38)39)29(37)20-7-5-4-6-8-20/h4-8,17,23-26,28-29,37H,9-16,18H2,1-3H3,(H,33,36)(H,38,39)/b34-22-/t23-,24+,25-,26-,28-,29-,31-,32+/m0/s1. The van der Waals surface area contributed by atoms with Gasteiger partial charge in [0.25, 0.3) is 5.91 Å². The quantitative estimate of drug-likeness (QED) is 0.398. The maximum atomic E-state index is 12.4. The largest absolute Gasteiger partial charge is 0.480 e. The van der Waals surface area contributed by atoms with E-state index >= 15 is 0 Å². The number of carboxylic acid groups (broad SMARTS) is 1. The number of amides is 1. The molecular weight excluding hydrogens is 508 g/mol. The Balaban J connectivity index is 1.20. The van der Waals surface area contributed by atoms with Gasteiger partial charge in [-0.05, 0) is 98.5 Å². The van der Waals surface area contributed by atoms with Gasteiger partial charge >= 0.3 is 5.97 Å². The number of carbonyl (C=O) groups is 3. The van der Waals surface area contributed by atoms with Crippen LogP contribution in [0, 0.1) is 34.5 Å². The first-order valence-corrected chi connectivity index (χ1v) is 14.7. The van der Waals surface area contributed by atoms with Crippen molar-refractivity contribution in [2.24, 2.45) is 39.7 Å². The minimum absolute atomic E-state index is 0.122. The van der Waals surface area contributed by atoms with Crippen LogP contribution >= 0.6 is 0 Å². The van der Waals surface area contributed by atoms with Gasteiger partial charge in [0.05, 0.1) is 5.71 Å². The summed E-state index contributed by atoms with van der Waals surface area (Å²) >= 11 is 0. The number of aliphatic hydroxyl groups excluding tert-OH is 1. The Kier molecular flexibility index (Phi) is 7.92. The number of aliphatic hydroxyl groups is 1. The van der Waals surface area contributed by atoms with Crippen LogP contribution < -0.4 is 5.32 Å². The Hall–Kier alpha value is -3.00. The number of nitrogens with zero attached hydrogens (tertiary/aromatic N) is 1. The number of rotatable bonds is 8. The molecule has 1 aromatic rings. The molecule has 4 aliphatic carbocycles. The number of hydrogen-bond donors (Lipinski definition) is 3. The van der Waals surface area contributed by atoms with Gasteiger partial charge in [0.15, 0.2) is 12.6 Å². The molecule has 3 saturated carbocycles. The highest BCUT2D eigenvalue weighted by Gasteiger charge is 2.59. The van der Waals surface area contributed by atoms with Crippen molar-refractivity contribution in [2.45, 2.75) is 84.3 Å². The SMILES string of the molecule is CC(=O)[C@H]1CC[C@H]2[C@@H]3CCC4=C/C(=N\OCC(=O)N[C@H](C(=O)O)[C@@H](O)c5ccccc5)CC[C@]4(C)[C@H]3CC[C@]12C. The van der Waals surface area contributed by atoms with Crippen molar-refractivity contribution in [1.82, 2.24) is 5.32 Å². The van der Waals surface area contributed by atoms with Crippen molar-refractivity contribution in [3.05, 3.63) is 47.5 Å². The lowest BCUT2D eigenvalue weighted by Gasteiger charge is -2.58. The first kappa shape index (κ1) is 28.5. The molecule has 40 heavy (non-hydrogen) atoms. The van der Waals surface area contributed by atoms with Crippen molar-refractivity contribution >= 4 is 23.4 Å². The fourth-order valence-electron chi connectivity index (χ4n) is 8.82. The van der Waals surface area contributed by atoms with Gasteiger partial charge in [0, 0.05) is 5.92 Å². The van der Waals surface area contributed by atoms with E-state index in [1.165, 1.54) is 12.0 Å². The highest BCUT2D eigenvalue weighted by atomic mass is 16.6. The molecule has 5 rings (SSSR count). The van der Waals surface area contributed by atoms with Crippen LogP contribution in [0.5, 0.6) is 0 Å². The summed E-state index contributed by atoms with van der Waals surface area (Å²) in [6.07, 6.45) is 9.17. The molecule has 0 bridgehead atoms. The summed E-state index contributed by atoms with van der Waals surface area (Å²) in [5, 5.41) is 26.6. The van der Waals surface area contributed by atoms with Gasteiger partial charge in [-0.15, -0.1) is 0 Å². The topological polar surface area (TPSA) is 125 Å². The van der Waals surface area contributed by atoms with Gasteiger partial charge in [-0.3, -0.25) is 9.59 Å². The molecule has 0 heterocycles. The molecule has 1 amide bonds. The first-order chi connectivity index (χ1) is 19.0. The summed E-state index contributed by atoms with van der Waals surface area (Å²) in [6.45, 7) is 6.13. The number of aliphatic carboxylic acids is 1. The van der Waals surface area contributed by atoms with Gasteiger partial charge in [0.2, 0.25) is 0 Å². The summed E-state index contributed by atoms with van der Waals surface area (Å²) in [4.78, 5) is 41.9. The third kappa shape index (κ3) is 5.11. The minimum atomic E-state index is -1.50. The zero-order valence-electron chi connectivity index (χ0n) is 23.8. The van der Waals surface area contributed by atoms with Crippen molar-refractivity contribution in [1.29, 1.82) is 0 Å². The Bertz CT molecular complexity index is 1210. The first-order valence-electron chi connectivity index (χ1n) is 14.7. The van der Waals surface area contributed by atoms with Crippen LogP contribution in [0.25, 0.3) is 0 Å². The molecule has 3 fully saturated rings. The van der Waals surface area contributed by atoms with E-state index in [0.29, 0.717) is 29.1 Å². The Morgan fingerprint density at radius 1 is 1.05 bits per heavy atom. The van der Waals surface area contributed by atoms with E-state index in [1.54, 1.807) is 37.3 Å². The van der Waals surface area contributed by atoms with E-state index in [4.69, 9.17) is 4.84 Å². The second-order valence-electron chi connectivity index (χ2n) is 12.9. The summed E-state index contributed by atoms with van der Waals surface area (Å²) in [6, 6.07) is 6.86. The van der Waals surface area contributed by atoms with Crippen LogP contribution in [0.1, 0.15) is 83.8 Å². The molecule has 216 valence electrons. The molecule has 3 N–H and O–H groups in total. The second kappa shape index (κ2) is 11.1. The molecule has 8 atom stereocenters. The lowest BCUT2D eigenvalue weighted by Crippen LogP contribution is -2.51. The number of fused-ring (bicyclic) bond motifs is 5. The van der Waals surface area contributed by atoms with Gasteiger partial charge in [-0.2, -0.15) is 0 Å². The highest BCUT2D eigenvalue weighted by Crippen LogP contribution is 2.66. The van der Waals surface area contributed by atoms with Crippen LogP contribution in [0.3, 0.4) is 0 Å². The smallest absolute Gasteiger partial charge is 0.329 e. The molecule has 4 aliphatic rings. The number of benzene rings is 1. The highest BCUT2D eigenvalue weighted by molar-refractivity contribution is 5.96. The average molecular weight is 551 g/mol. The van der Waals surface area contributed by atoms with Gasteiger partial charge in [0.1, 0.15) is 11.9 Å². The number of carbonyl (C=O) groups excluding carboxylic acids is 2. The normalized spacial score (nSPS) is 35.4. The second-order valence-corrected chi connectivity index (χ2v) is 12.9. The van der Waals surface area contributed by atoms with Crippen LogP contribution in [0.15, 0.2) is 47.1 Å². The van der Waals surface area contributed by atoms with E-state index in [0.717, 1.165) is 50.7 Å². The van der Waals surface area contributed by atoms with Crippen LogP contribution in [-0.4, -0.2) is 46.2 Å². The molecule has 1 aromatic carbocycles. The Labute approximate surface area is 236 Å². The number of Topliss-reactive ketones (excluding diaryl/α,β-unsaturated/α-hetero) is 1. The number of oxime groups is 1. The third-order valence-corrected chi connectivity index (χ3v) is 10.9. The van der Waals surface area contributed by atoms with Crippen molar-refractivity contribution in [2.75, 3.05) is 6.61 Å². The van der Waals surface area contributed by atoms with E-state index in [2.05, 4.69) is 30.4 Å². The Morgan fingerprint density at radius 2 is 1.80 bits per heavy atom. The average Bonchev–Trinajstić information content (AvgIpc) is 3.29. The predicted molar refractivity (Wildman–Crippen MR) is 150 cm³/mol. The molecule has 8 nitrogen and oxygen atoms in total. The fraction of sp³-hybridized carbons (Fsp3) is 0.625. The zero-order valence-corrected chi connectivity index (χ0v) is 23.8. The third-order valence-electron chi connectivity index (χ3n) is 10.9. The van der Waals surface area contributed by atoms with Crippen molar-refractivity contribution in [3.63, 3.8) is 0 Å². The maximum absolute atomic E-state index is 12.4. The van der Waals surface area contributed by atoms with Crippen molar-refractivity contribution < 1.29 is 29.4 Å². The van der Waals surface area contributed by atoms with E-state index in [1.807, 2.05) is 0 Å². The summed E-state index contributed by atoms with van der Waals surface area (Å²) in [7, 11) is 0. The number of ketones is 1. The number of carboxylic acids is 1. The zero-order chi connectivity index (χ0) is 28.7. The lowest BCUT2D eigenvalue weighted by atomic mass is 9.46. The number of hydrogen-bond acceptors (Lipinski definition) is 6. The molecule has 0 aromatic heterocycles. The van der Waals surface area contributed by atoms with E-state index in [9.17, 15) is 24.6 Å². The summed E-state index contributed by atoms with van der Waals surface area (Å²) in [5.74, 6) is 0.502. The van der Waals surface area contributed by atoms with Crippen molar-refractivity contribution in [3.8, 4) is 0 Å². The molecular formula is C32H42N2O6. The van der Waals surface area contributed by atoms with Crippen LogP contribution in [0.4, 0.5) is 0 Å². The number of nitrogens with one attached hydrogen (secondary N) is 1. The van der Waals surface area contributed by atoms with Crippen LogP contribution in [-0.2, 0) is 19.2 Å². The molecule has 8 heteroatoms. The van der Waals surface area contributed by atoms with Gasteiger partial charge in [-0.1, -0.05) is 54.9 Å². The minimum Gasteiger partial charge on any atom is -0.480 e. The summed E-state index contributed by atoms with van der Waals surface area (Å²) < 4.78 is 0. The van der Waals surface area contributed by atoms with Gasteiger partial charge in [-0.25, -0.2) is 4.79 Å². The monoisotopic (exact) mass is 550 g/mol. The molecule has 0 unspecified atom stereocenters. The number of allylic oxidation sites excluding steroid dienone is 2. The van der Waals surface area contributed by atoms with Crippen LogP contribution in [0.2, 0.25) is 0 Å². The Morgan fingerprint density at radius 3 is 2.50 bits per heavy atom. The fourth-order valence-corrected chi connectivity index (χ4v) is 8.82. The molecule has 0 aliphatic heterocycles. The van der Waals surface area contributed by atoms with E-state index in [-0.39, 0.29) is 16.7 Å². The molecule has 0 spiro atoms. The van der Waals surface area contributed by atoms with E-state index < -0.39 is 30.6 Å². The lowest BCUT2D eigenvalue weighted by molar-refractivity contribution is -0.146. The molecule has 0 radical (unpaired) electrons. The maximum Gasteiger partial charge on any atom is 0.329 e.